The van der Waals surface area contributed by atoms with E-state index in [1.54, 1.807) is 6.07 Å². The molecule has 0 bridgehead atoms. The normalized spacial score (nSPS) is 11.6. The highest BCUT2D eigenvalue weighted by atomic mass is 19.3. The Kier molecular flexibility index (Phi) is 3.59. The lowest BCUT2D eigenvalue weighted by atomic mass is 10.1. The average Bonchev–Trinajstić information content (AvgIpc) is 2.39. The van der Waals surface area contributed by atoms with E-state index in [0.29, 0.717) is 11.3 Å². The molecule has 19 heavy (non-hydrogen) atoms. The zero-order chi connectivity index (χ0) is 13.9. The molecule has 2 rings (SSSR count). The van der Waals surface area contributed by atoms with Crippen LogP contribution >= 0.6 is 0 Å². The topological polar surface area (TPSA) is 47.9 Å². The van der Waals surface area contributed by atoms with Gasteiger partial charge in [-0.2, -0.15) is 17.6 Å². The van der Waals surface area contributed by atoms with Gasteiger partial charge in [-0.25, -0.2) is 4.98 Å². The number of benzene rings is 1. The quantitative estimate of drug-likeness (QED) is 0.804. The number of aromatic nitrogens is 3. The highest BCUT2D eigenvalue weighted by Crippen LogP contribution is 2.29. The SMILES string of the molecule is FC(F)C(F)(F)Oc1cccc(-c2cncnn2)c1. The molecule has 4 nitrogen and oxygen atoms in total. The summed E-state index contributed by atoms with van der Waals surface area (Å²) in [6.45, 7) is 0. The van der Waals surface area contributed by atoms with Crippen molar-refractivity contribution in [3.63, 3.8) is 0 Å². The van der Waals surface area contributed by atoms with Crippen molar-refractivity contribution >= 4 is 0 Å². The molecular weight excluding hydrogens is 266 g/mol. The van der Waals surface area contributed by atoms with Crippen LogP contribution in [0.4, 0.5) is 17.6 Å². The highest BCUT2D eigenvalue weighted by Gasteiger charge is 2.43. The molecule has 2 aromatic rings. The molecule has 0 unspecified atom stereocenters. The molecule has 0 saturated heterocycles. The van der Waals surface area contributed by atoms with E-state index >= 15 is 0 Å². The van der Waals surface area contributed by atoms with Gasteiger partial charge < -0.3 is 4.74 Å². The molecule has 0 radical (unpaired) electrons. The molecule has 0 fully saturated rings. The molecular formula is C11H7F4N3O. The summed E-state index contributed by atoms with van der Waals surface area (Å²) in [4.78, 5) is 3.71. The van der Waals surface area contributed by atoms with Gasteiger partial charge >= 0.3 is 12.5 Å². The Hall–Kier alpha value is -2.25. The number of hydrogen-bond acceptors (Lipinski definition) is 4. The third kappa shape index (κ3) is 3.15. The number of rotatable bonds is 4. The van der Waals surface area contributed by atoms with Gasteiger partial charge in [0.15, 0.2) is 0 Å². The Bertz CT molecular complexity index is 551. The van der Waals surface area contributed by atoms with Crippen LogP contribution in [0.25, 0.3) is 11.3 Å². The first kappa shape index (κ1) is 13.2. The largest absolute Gasteiger partial charge is 0.461 e. The fourth-order valence-electron chi connectivity index (χ4n) is 1.30. The van der Waals surface area contributed by atoms with Crippen molar-refractivity contribution in [2.45, 2.75) is 12.5 Å². The Morgan fingerprint density at radius 1 is 1.21 bits per heavy atom. The fraction of sp³-hybridized carbons (Fsp3) is 0.182. The van der Waals surface area contributed by atoms with Gasteiger partial charge in [-0.05, 0) is 12.1 Å². The number of hydrogen-bond donors (Lipinski definition) is 0. The number of ether oxygens (including phenoxy) is 1. The minimum absolute atomic E-state index is 0.313. The van der Waals surface area contributed by atoms with Crippen molar-refractivity contribution in [3.05, 3.63) is 36.8 Å². The molecule has 1 heterocycles. The molecule has 0 atom stereocenters. The van der Waals surface area contributed by atoms with E-state index in [1.165, 1.54) is 18.6 Å². The molecule has 100 valence electrons. The van der Waals surface area contributed by atoms with Crippen molar-refractivity contribution in [1.29, 1.82) is 0 Å². The second kappa shape index (κ2) is 5.17. The minimum Gasteiger partial charge on any atom is -0.428 e. The van der Waals surface area contributed by atoms with Crippen molar-refractivity contribution in [1.82, 2.24) is 15.2 Å². The van der Waals surface area contributed by atoms with Gasteiger partial charge in [0.2, 0.25) is 0 Å². The predicted octanol–water partition coefficient (Wildman–Crippen LogP) is 2.78. The van der Waals surface area contributed by atoms with E-state index < -0.39 is 18.3 Å². The van der Waals surface area contributed by atoms with Gasteiger partial charge in [0.1, 0.15) is 17.8 Å². The molecule has 0 N–H and O–H groups in total. The highest BCUT2D eigenvalue weighted by molar-refractivity contribution is 5.59. The Labute approximate surface area is 105 Å². The first-order chi connectivity index (χ1) is 8.99. The second-order valence-corrected chi connectivity index (χ2v) is 3.49. The van der Waals surface area contributed by atoms with Crippen molar-refractivity contribution in [3.8, 4) is 17.0 Å². The van der Waals surface area contributed by atoms with Crippen LogP contribution in [0.2, 0.25) is 0 Å². The number of alkyl halides is 4. The Morgan fingerprint density at radius 2 is 2.00 bits per heavy atom. The lowest BCUT2D eigenvalue weighted by Gasteiger charge is -2.17. The van der Waals surface area contributed by atoms with Crippen molar-refractivity contribution < 1.29 is 22.3 Å². The first-order valence-electron chi connectivity index (χ1n) is 5.07. The maximum absolute atomic E-state index is 12.8. The average molecular weight is 273 g/mol. The second-order valence-electron chi connectivity index (χ2n) is 3.49. The van der Waals surface area contributed by atoms with Crippen LogP contribution in [0.15, 0.2) is 36.8 Å². The molecule has 0 aliphatic carbocycles. The molecule has 0 spiro atoms. The Balaban J connectivity index is 2.26. The van der Waals surface area contributed by atoms with Gasteiger partial charge in [0, 0.05) is 5.56 Å². The summed E-state index contributed by atoms with van der Waals surface area (Å²) in [5.74, 6) is -0.395. The smallest absolute Gasteiger partial charge is 0.428 e. The molecule has 0 amide bonds. The van der Waals surface area contributed by atoms with E-state index in [-0.39, 0.29) is 0 Å². The number of halogens is 4. The van der Waals surface area contributed by atoms with E-state index in [9.17, 15) is 17.6 Å². The van der Waals surface area contributed by atoms with Crippen LogP contribution in [0.1, 0.15) is 0 Å². The van der Waals surface area contributed by atoms with Crippen LogP contribution in [-0.4, -0.2) is 27.7 Å². The zero-order valence-corrected chi connectivity index (χ0v) is 9.30. The van der Waals surface area contributed by atoms with Gasteiger partial charge in [0.25, 0.3) is 0 Å². The lowest BCUT2D eigenvalue weighted by molar-refractivity contribution is -0.253. The summed E-state index contributed by atoms with van der Waals surface area (Å²) in [6.07, 6.45) is -5.89. The van der Waals surface area contributed by atoms with E-state index in [4.69, 9.17) is 0 Å². The van der Waals surface area contributed by atoms with Gasteiger partial charge in [0.05, 0.1) is 6.20 Å². The van der Waals surface area contributed by atoms with Gasteiger partial charge in [-0.3, -0.25) is 0 Å². The molecule has 0 aliphatic rings. The maximum atomic E-state index is 12.8. The summed E-state index contributed by atoms with van der Waals surface area (Å²) >= 11 is 0. The van der Waals surface area contributed by atoms with Crippen molar-refractivity contribution in [2.75, 3.05) is 0 Å². The third-order valence-electron chi connectivity index (χ3n) is 2.12. The molecule has 0 saturated carbocycles. The van der Waals surface area contributed by atoms with E-state index in [1.807, 2.05) is 0 Å². The minimum atomic E-state index is -4.54. The van der Waals surface area contributed by atoms with E-state index in [2.05, 4.69) is 19.9 Å². The van der Waals surface area contributed by atoms with E-state index in [0.717, 1.165) is 12.1 Å². The van der Waals surface area contributed by atoms with Gasteiger partial charge in [-0.1, -0.05) is 12.1 Å². The molecule has 8 heteroatoms. The number of nitrogens with zero attached hydrogens (tertiary/aromatic N) is 3. The standard InChI is InChI=1S/C11H7F4N3O/c12-10(13)11(14,15)19-8-3-1-2-7(4-8)9-5-16-6-17-18-9/h1-6,10H. The zero-order valence-electron chi connectivity index (χ0n) is 9.30. The van der Waals surface area contributed by atoms with Gasteiger partial charge in [-0.15, -0.1) is 10.2 Å². The van der Waals surface area contributed by atoms with Crippen LogP contribution < -0.4 is 4.74 Å². The summed E-state index contributed by atoms with van der Waals surface area (Å²) < 4.78 is 53.5. The summed E-state index contributed by atoms with van der Waals surface area (Å²) in [5, 5.41) is 7.24. The lowest BCUT2D eigenvalue weighted by Crippen LogP contribution is -2.33. The monoisotopic (exact) mass is 273 g/mol. The predicted molar refractivity (Wildman–Crippen MR) is 56.8 cm³/mol. The third-order valence-corrected chi connectivity index (χ3v) is 2.12. The Morgan fingerprint density at radius 3 is 2.63 bits per heavy atom. The molecule has 1 aromatic heterocycles. The van der Waals surface area contributed by atoms with Crippen molar-refractivity contribution in [2.24, 2.45) is 0 Å². The summed E-state index contributed by atoms with van der Waals surface area (Å²) in [5.41, 5.74) is 0.691. The van der Waals surface area contributed by atoms with Crippen LogP contribution in [-0.2, 0) is 0 Å². The molecule has 1 aromatic carbocycles. The summed E-state index contributed by atoms with van der Waals surface area (Å²) in [7, 11) is 0. The maximum Gasteiger partial charge on any atom is 0.461 e. The fourth-order valence-corrected chi connectivity index (χ4v) is 1.30. The first-order valence-corrected chi connectivity index (χ1v) is 5.07. The van der Waals surface area contributed by atoms with Crippen LogP contribution in [0.5, 0.6) is 5.75 Å². The van der Waals surface area contributed by atoms with Crippen LogP contribution in [0.3, 0.4) is 0 Å². The molecule has 0 aliphatic heterocycles. The summed E-state index contributed by atoms with van der Waals surface area (Å²) in [6, 6.07) is 5.21. The van der Waals surface area contributed by atoms with Crippen LogP contribution in [0, 0.1) is 0 Å².